The number of hydrogen-bond acceptors (Lipinski definition) is 4. The Bertz CT molecular complexity index is 667. The number of nitrogen functional groups attached to an aromatic ring is 1. The van der Waals surface area contributed by atoms with E-state index in [1.54, 1.807) is 6.07 Å². The highest BCUT2D eigenvalue weighted by Gasteiger charge is 2.49. The third-order valence-corrected chi connectivity index (χ3v) is 4.92. The van der Waals surface area contributed by atoms with Crippen LogP contribution in [0, 0.1) is 11.3 Å². The number of benzene rings is 1. The van der Waals surface area contributed by atoms with Crippen LogP contribution in [0.2, 0.25) is 0 Å². The molecule has 1 saturated carbocycles. The number of Topliss-reactive ketones (excluding diaryl/α,β-unsaturated/α-hetero) is 1. The Balaban J connectivity index is 2.11. The number of amides is 1. The summed E-state index contributed by atoms with van der Waals surface area (Å²) in [6, 6.07) is 4.52. The Kier molecular flexibility index (Phi) is 4.45. The van der Waals surface area contributed by atoms with Crippen molar-refractivity contribution in [3.63, 3.8) is 0 Å². The van der Waals surface area contributed by atoms with Crippen LogP contribution in [0.5, 0.6) is 0 Å². The Morgan fingerprint density at radius 3 is 2.43 bits per heavy atom. The van der Waals surface area contributed by atoms with E-state index in [9.17, 15) is 14.4 Å². The van der Waals surface area contributed by atoms with Gasteiger partial charge in [-0.1, -0.05) is 19.9 Å². The number of ketones is 1. The second kappa shape index (κ2) is 6.02. The van der Waals surface area contributed by atoms with Crippen molar-refractivity contribution >= 4 is 23.3 Å². The lowest BCUT2D eigenvalue weighted by molar-refractivity contribution is -0.123. The molecular weight excluding hydrogens is 296 g/mol. The highest BCUT2D eigenvalue weighted by Crippen LogP contribution is 2.48. The monoisotopic (exact) mass is 318 g/mol. The lowest BCUT2D eigenvalue weighted by Crippen LogP contribution is -2.58. The maximum atomic E-state index is 12.5. The molecule has 0 saturated heterocycles. The highest BCUT2D eigenvalue weighted by molar-refractivity contribution is 6.06. The van der Waals surface area contributed by atoms with Crippen molar-refractivity contribution in [2.75, 3.05) is 5.73 Å². The van der Waals surface area contributed by atoms with Crippen LogP contribution in [0.4, 0.5) is 5.69 Å². The number of aromatic carboxylic acids is 1. The lowest BCUT2D eigenvalue weighted by atomic mass is 9.57. The van der Waals surface area contributed by atoms with Crippen molar-refractivity contribution in [2.45, 2.75) is 39.7 Å². The van der Waals surface area contributed by atoms with Gasteiger partial charge in [-0.15, -0.1) is 0 Å². The lowest BCUT2D eigenvalue weighted by Gasteiger charge is -2.52. The molecule has 4 N–H and O–H groups in total. The number of carbonyl (C=O) groups excluding carboxylic acids is 2. The standard InChI is InChI=1S/C17H22N2O4/c1-9(20)19-14-8-10(17(14,2)3)7-13(21)11-5-4-6-12(15(11)18)16(22)23/h4-6,10,14H,7-8,18H2,1-3H3,(H,19,20)(H,22,23). The van der Waals surface area contributed by atoms with Crippen molar-refractivity contribution < 1.29 is 19.5 Å². The molecule has 0 aliphatic heterocycles. The van der Waals surface area contributed by atoms with Crippen molar-refractivity contribution in [1.82, 2.24) is 5.32 Å². The summed E-state index contributed by atoms with van der Waals surface area (Å²) in [5.74, 6) is -1.26. The molecular formula is C17H22N2O4. The van der Waals surface area contributed by atoms with Gasteiger partial charge < -0.3 is 16.2 Å². The first-order chi connectivity index (χ1) is 10.6. The molecule has 0 radical (unpaired) electrons. The molecule has 6 nitrogen and oxygen atoms in total. The zero-order valence-corrected chi connectivity index (χ0v) is 13.6. The average molecular weight is 318 g/mol. The van der Waals surface area contributed by atoms with Crippen molar-refractivity contribution in [1.29, 1.82) is 0 Å². The van der Waals surface area contributed by atoms with Crippen molar-refractivity contribution in [3.8, 4) is 0 Å². The molecule has 2 atom stereocenters. The molecule has 0 heterocycles. The van der Waals surface area contributed by atoms with Crippen molar-refractivity contribution in [2.24, 2.45) is 11.3 Å². The zero-order valence-electron chi connectivity index (χ0n) is 13.6. The van der Waals surface area contributed by atoms with E-state index in [0.717, 1.165) is 6.42 Å². The van der Waals surface area contributed by atoms with E-state index in [1.807, 2.05) is 13.8 Å². The molecule has 2 unspecified atom stereocenters. The quantitative estimate of drug-likeness (QED) is 0.569. The van der Waals surface area contributed by atoms with Gasteiger partial charge in [-0.05, 0) is 29.9 Å². The normalized spacial score (nSPS) is 22.0. The van der Waals surface area contributed by atoms with Gasteiger partial charge in [0, 0.05) is 24.9 Å². The number of nitrogens with one attached hydrogen (secondary N) is 1. The summed E-state index contributed by atoms with van der Waals surface area (Å²) in [5.41, 5.74) is 5.85. The molecule has 0 aromatic heterocycles. The SMILES string of the molecule is CC(=O)NC1CC(CC(=O)c2cccc(C(=O)O)c2N)C1(C)C. The number of carbonyl (C=O) groups is 3. The Labute approximate surface area is 135 Å². The molecule has 1 aromatic carbocycles. The molecule has 6 heteroatoms. The van der Waals surface area contributed by atoms with E-state index in [0.29, 0.717) is 0 Å². The molecule has 1 aliphatic rings. The minimum atomic E-state index is -1.15. The first-order valence-corrected chi connectivity index (χ1v) is 7.56. The molecule has 1 aromatic rings. The number of nitrogens with two attached hydrogens (primary N) is 1. The fraction of sp³-hybridized carbons (Fsp3) is 0.471. The van der Waals surface area contributed by atoms with Gasteiger partial charge >= 0.3 is 5.97 Å². The minimum Gasteiger partial charge on any atom is -0.478 e. The molecule has 124 valence electrons. The van der Waals surface area contributed by atoms with E-state index >= 15 is 0 Å². The van der Waals surface area contributed by atoms with Gasteiger partial charge in [0.2, 0.25) is 5.91 Å². The van der Waals surface area contributed by atoms with Gasteiger partial charge in [0.05, 0.1) is 11.3 Å². The number of anilines is 1. The van der Waals surface area contributed by atoms with Crippen LogP contribution < -0.4 is 11.1 Å². The Morgan fingerprint density at radius 1 is 1.30 bits per heavy atom. The van der Waals surface area contributed by atoms with Crippen LogP contribution in [0.3, 0.4) is 0 Å². The summed E-state index contributed by atoms with van der Waals surface area (Å²) in [6.07, 6.45) is 1.02. The second-order valence-electron chi connectivity index (χ2n) is 6.71. The van der Waals surface area contributed by atoms with E-state index in [4.69, 9.17) is 10.8 Å². The van der Waals surface area contributed by atoms with E-state index in [1.165, 1.54) is 19.1 Å². The van der Waals surface area contributed by atoms with Crippen LogP contribution >= 0.6 is 0 Å². The number of rotatable bonds is 5. The van der Waals surface area contributed by atoms with Crippen LogP contribution in [0.15, 0.2) is 18.2 Å². The van der Waals surface area contributed by atoms with E-state index < -0.39 is 5.97 Å². The van der Waals surface area contributed by atoms with Gasteiger partial charge in [0.1, 0.15) is 0 Å². The number of carboxylic acids is 1. The maximum Gasteiger partial charge on any atom is 0.337 e. The predicted octanol–water partition coefficient (Wildman–Crippen LogP) is 2.09. The van der Waals surface area contributed by atoms with Gasteiger partial charge in [0.25, 0.3) is 0 Å². The first kappa shape index (κ1) is 17.0. The third kappa shape index (κ3) is 3.21. The third-order valence-electron chi connectivity index (χ3n) is 4.92. The summed E-state index contributed by atoms with van der Waals surface area (Å²) in [6.45, 7) is 5.52. The summed E-state index contributed by atoms with van der Waals surface area (Å²) < 4.78 is 0. The molecule has 1 aliphatic carbocycles. The Morgan fingerprint density at radius 2 is 1.91 bits per heavy atom. The number of para-hydroxylation sites is 1. The van der Waals surface area contributed by atoms with E-state index in [2.05, 4.69) is 5.32 Å². The molecule has 23 heavy (non-hydrogen) atoms. The smallest absolute Gasteiger partial charge is 0.337 e. The molecule has 1 amide bonds. The molecule has 2 rings (SSSR count). The van der Waals surface area contributed by atoms with Crippen LogP contribution in [0.1, 0.15) is 54.3 Å². The van der Waals surface area contributed by atoms with Crippen LogP contribution in [-0.2, 0) is 4.79 Å². The molecule has 0 spiro atoms. The van der Waals surface area contributed by atoms with E-state index in [-0.39, 0.29) is 52.3 Å². The number of carboxylic acid groups (broad SMARTS) is 1. The molecule has 0 bridgehead atoms. The highest BCUT2D eigenvalue weighted by atomic mass is 16.4. The topological polar surface area (TPSA) is 109 Å². The molecule has 1 fully saturated rings. The zero-order chi connectivity index (χ0) is 17.4. The maximum absolute atomic E-state index is 12.5. The Hall–Kier alpha value is -2.37. The second-order valence-corrected chi connectivity index (χ2v) is 6.71. The van der Waals surface area contributed by atoms with Crippen LogP contribution in [-0.4, -0.2) is 28.8 Å². The van der Waals surface area contributed by atoms with Gasteiger partial charge in [-0.3, -0.25) is 9.59 Å². The summed E-state index contributed by atoms with van der Waals surface area (Å²) in [4.78, 5) is 34.8. The minimum absolute atomic E-state index is 0.0144. The van der Waals surface area contributed by atoms with Gasteiger partial charge in [0.15, 0.2) is 5.78 Å². The van der Waals surface area contributed by atoms with Crippen molar-refractivity contribution in [3.05, 3.63) is 29.3 Å². The largest absolute Gasteiger partial charge is 0.478 e. The fourth-order valence-electron chi connectivity index (χ4n) is 3.18. The number of hydrogen-bond donors (Lipinski definition) is 3. The summed E-state index contributed by atoms with van der Waals surface area (Å²) >= 11 is 0. The van der Waals surface area contributed by atoms with Gasteiger partial charge in [-0.25, -0.2) is 4.79 Å². The summed E-state index contributed by atoms with van der Waals surface area (Å²) in [5, 5.41) is 12.0. The average Bonchev–Trinajstić information content (AvgIpc) is 2.45. The fourth-order valence-corrected chi connectivity index (χ4v) is 3.18. The predicted molar refractivity (Wildman–Crippen MR) is 86.3 cm³/mol. The summed E-state index contributed by atoms with van der Waals surface area (Å²) in [7, 11) is 0. The first-order valence-electron chi connectivity index (χ1n) is 7.56. The van der Waals surface area contributed by atoms with Gasteiger partial charge in [-0.2, -0.15) is 0 Å². The van der Waals surface area contributed by atoms with Crippen LogP contribution in [0.25, 0.3) is 0 Å².